The number of benzene rings is 1. The van der Waals surface area contributed by atoms with Gasteiger partial charge in [0.1, 0.15) is 5.75 Å². The molecule has 0 radical (unpaired) electrons. The van der Waals surface area contributed by atoms with Crippen LogP contribution >= 0.6 is 11.6 Å². The summed E-state index contributed by atoms with van der Waals surface area (Å²) in [5.41, 5.74) is 2.00. The second kappa shape index (κ2) is 7.26. The number of likely N-dealkylation sites (tertiary alicyclic amines) is 1. The van der Waals surface area contributed by atoms with Crippen LogP contribution in [0.2, 0.25) is 5.02 Å². The van der Waals surface area contributed by atoms with Gasteiger partial charge in [0, 0.05) is 13.1 Å². The molecule has 2 N–H and O–H groups in total. The van der Waals surface area contributed by atoms with E-state index in [0.717, 1.165) is 17.5 Å². The van der Waals surface area contributed by atoms with E-state index in [1.807, 2.05) is 32.9 Å². The molecule has 0 saturated carbocycles. The number of carboxylic acid groups (broad SMARTS) is 1. The molecule has 8 heteroatoms. The van der Waals surface area contributed by atoms with Crippen LogP contribution < -0.4 is 9.46 Å². The van der Waals surface area contributed by atoms with Crippen molar-refractivity contribution >= 4 is 28.7 Å². The van der Waals surface area contributed by atoms with Crippen molar-refractivity contribution in [3.8, 4) is 5.75 Å². The average Bonchev–Trinajstić information content (AvgIpc) is 2.86. The minimum Gasteiger partial charge on any atom is -0.495 e. The molecule has 2 atom stereocenters. The molecule has 2 aliphatic rings. The second-order valence-corrected chi connectivity index (χ2v) is 10.8. The van der Waals surface area contributed by atoms with Gasteiger partial charge >= 0.3 is 6.09 Å². The predicted octanol–water partition coefficient (Wildman–Crippen LogP) is 3.76. The molecule has 1 aromatic carbocycles. The van der Waals surface area contributed by atoms with Gasteiger partial charge in [0.2, 0.25) is 0 Å². The van der Waals surface area contributed by atoms with Crippen LogP contribution in [-0.2, 0) is 17.4 Å². The zero-order chi connectivity index (χ0) is 20.0. The third-order valence-electron chi connectivity index (χ3n) is 5.69. The normalized spacial score (nSPS) is 22.6. The van der Waals surface area contributed by atoms with E-state index in [1.165, 1.54) is 4.90 Å². The Morgan fingerprint density at radius 1 is 1.37 bits per heavy atom. The highest BCUT2D eigenvalue weighted by molar-refractivity contribution is 7.84. The molecule has 1 spiro atoms. The number of amides is 1. The summed E-state index contributed by atoms with van der Waals surface area (Å²) in [6.45, 7) is 6.77. The lowest BCUT2D eigenvalue weighted by atomic mass is 9.73. The van der Waals surface area contributed by atoms with Gasteiger partial charge in [0.15, 0.2) is 0 Å². The fourth-order valence-corrected chi connectivity index (χ4v) is 5.28. The molecule has 1 aliphatic heterocycles. The van der Waals surface area contributed by atoms with Crippen molar-refractivity contribution in [2.24, 2.45) is 5.41 Å². The highest BCUT2D eigenvalue weighted by Gasteiger charge is 2.49. The largest absolute Gasteiger partial charge is 0.495 e. The molecule has 1 unspecified atom stereocenters. The van der Waals surface area contributed by atoms with E-state index in [-0.39, 0.29) is 11.5 Å². The van der Waals surface area contributed by atoms with Gasteiger partial charge in [-0.3, -0.25) is 0 Å². The molecule has 1 amide bonds. The fraction of sp³-hybridized carbons (Fsp3) is 0.632. The van der Waals surface area contributed by atoms with Crippen LogP contribution in [0.4, 0.5) is 4.79 Å². The van der Waals surface area contributed by atoms with Crippen LogP contribution in [0.3, 0.4) is 0 Å². The Hall–Kier alpha value is -1.31. The van der Waals surface area contributed by atoms with Gasteiger partial charge < -0.3 is 14.7 Å². The zero-order valence-corrected chi connectivity index (χ0v) is 17.7. The minimum atomic E-state index is -1.25. The maximum atomic E-state index is 12.9. The Morgan fingerprint density at radius 3 is 2.52 bits per heavy atom. The molecule has 0 aromatic heterocycles. The highest BCUT2D eigenvalue weighted by Crippen LogP contribution is 2.54. The lowest BCUT2D eigenvalue weighted by molar-refractivity contribution is 0.0768. The molecule has 1 aliphatic carbocycles. The van der Waals surface area contributed by atoms with Gasteiger partial charge in [0.25, 0.3) is 0 Å². The number of rotatable bonds is 3. The molecule has 6 nitrogen and oxygen atoms in total. The van der Waals surface area contributed by atoms with Gasteiger partial charge in [-0.25, -0.2) is 13.7 Å². The van der Waals surface area contributed by atoms with Crippen LogP contribution in [0.5, 0.6) is 5.75 Å². The number of methoxy groups -OCH3 is 1. The van der Waals surface area contributed by atoms with Crippen LogP contribution in [0, 0.1) is 5.41 Å². The summed E-state index contributed by atoms with van der Waals surface area (Å²) < 4.78 is 21.2. The second-order valence-electron chi connectivity index (χ2n) is 8.43. The summed E-state index contributed by atoms with van der Waals surface area (Å²) in [5, 5.41) is 9.83. The number of carbonyl (C=O) groups is 1. The van der Waals surface area contributed by atoms with E-state index in [2.05, 4.69) is 4.72 Å². The summed E-state index contributed by atoms with van der Waals surface area (Å²) in [6.07, 6.45) is 1.34. The first-order chi connectivity index (χ1) is 12.6. The molecule has 1 aromatic rings. The van der Waals surface area contributed by atoms with E-state index in [9.17, 15) is 14.1 Å². The van der Waals surface area contributed by atoms with Gasteiger partial charge in [-0.1, -0.05) is 11.6 Å². The van der Waals surface area contributed by atoms with Crippen molar-refractivity contribution < 1.29 is 18.8 Å². The Labute approximate surface area is 167 Å². The lowest BCUT2D eigenvalue weighted by Crippen LogP contribution is -2.48. The molecule has 1 fully saturated rings. The molecule has 150 valence electrons. The SMILES string of the molecule is COc1cc2c(cc1Cl)[C@H](NS(=O)C(C)(C)C)C1(CCN(C(=O)O)CC1)C2. The summed E-state index contributed by atoms with van der Waals surface area (Å²) in [7, 11) is 0.344. The van der Waals surface area contributed by atoms with Crippen molar-refractivity contribution in [2.45, 2.75) is 50.8 Å². The number of ether oxygens (including phenoxy) is 1. The molecular formula is C19H27ClN2O4S. The maximum Gasteiger partial charge on any atom is 0.407 e. The number of fused-ring (bicyclic) bond motifs is 1. The zero-order valence-electron chi connectivity index (χ0n) is 16.2. The van der Waals surface area contributed by atoms with E-state index < -0.39 is 21.8 Å². The topological polar surface area (TPSA) is 78.9 Å². The van der Waals surface area contributed by atoms with Crippen LogP contribution in [0.25, 0.3) is 0 Å². The maximum absolute atomic E-state index is 12.9. The van der Waals surface area contributed by atoms with E-state index in [1.54, 1.807) is 7.11 Å². The van der Waals surface area contributed by atoms with Crippen LogP contribution in [0.15, 0.2) is 12.1 Å². The van der Waals surface area contributed by atoms with E-state index in [0.29, 0.717) is 36.7 Å². The molecule has 1 saturated heterocycles. The van der Waals surface area contributed by atoms with Crippen molar-refractivity contribution in [1.82, 2.24) is 9.62 Å². The number of nitrogens with zero attached hydrogens (tertiary/aromatic N) is 1. The number of hydrogen-bond acceptors (Lipinski definition) is 3. The number of halogens is 1. The van der Waals surface area contributed by atoms with Gasteiger partial charge in [-0.05, 0) is 68.7 Å². The number of nitrogens with one attached hydrogen (secondary N) is 1. The highest BCUT2D eigenvalue weighted by atomic mass is 35.5. The van der Waals surface area contributed by atoms with Crippen LogP contribution in [0.1, 0.15) is 50.8 Å². The first kappa shape index (κ1) is 20.4. The van der Waals surface area contributed by atoms with Gasteiger partial charge in [0.05, 0.1) is 33.9 Å². The summed E-state index contributed by atoms with van der Waals surface area (Å²) in [6, 6.07) is 3.74. The molecule has 27 heavy (non-hydrogen) atoms. The average molecular weight is 415 g/mol. The Bertz CT molecular complexity index is 770. The molecular weight excluding hydrogens is 388 g/mol. The quantitative estimate of drug-likeness (QED) is 0.789. The Kier molecular flexibility index (Phi) is 5.49. The lowest BCUT2D eigenvalue weighted by Gasteiger charge is -2.43. The summed E-state index contributed by atoms with van der Waals surface area (Å²) in [5.74, 6) is 0.631. The summed E-state index contributed by atoms with van der Waals surface area (Å²) in [4.78, 5) is 12.8. The Balaban J connectivity index is 1.97. The third-order valence-corrected chi connectivity index (χ3v) is 7.55. The number of piperidine rings is 1. The van der Waals surface area contributed by atoms with E-state index in [4.69, 9.17) is 16.3 Å². The fourth-order valence-electron chi connectivity index (χ4n) is 4.08. The Morgan fingerprint density at radius 2 is 2.00 bits per heavy atom. The van der Waals surface area contributed by atoms with Gasteiger partial charge in [-0.2, -0.15) is 0 Å². The smallest absolute Gasteiger partial charge is 0.407 e. The van der Waals surface area contributed by atoms with E-state index >= 15 is 0 Å². The van der Waals surface area contributed by atoms with Crippen molar-refractivity contribution in [3.63, 3.8) is 0 Å². The first-order valence-electron chi connectivity index (χ1n) is 9.10. The van der Waals surface area contributed by atoms with Crippen molar-refractivity contribution in [1.29, 1.82) is 0 Å². The van der Waals surface area contributed by atoms with Crippen LogP contribution in [-0.4, -0.2) is 45.3 Å². The summed E-state index contributed by atoms with van der Waals surface area (Å²) >= 11 is 6.38. The molecule has 3 rings (SSSR count). The van der Waals surface area contributed by atoms with Gasteiger partial charge in [-0.15, -0.1) is 0 Å². The monoisotopic (exact) mass is 414 g/mol. The first-order valence-corrected chi connectivity index (χ1v) is 10.6. The molecule has 0 bridgehead atoms. The number of hydrogen-bond donors (Lipinski definition) is 2. The standard InChI is InChI=1S/C19H27ClN2O4S/c1-18(2,3)27(25)21-16-13-10-14(20)15(26-4)9-12(13)11-19(16)5-7-22(8-6-19)17(23)24/h9-10,16,21H,5-8,11H2,1-4H3,(H,23,24)/t16-,27?/m0/s1. The third kappa shape index (κ3) is 3.82. The van der Waals surface area contributed by atoms with Crippen molar-refractivity contribution in [3.05, 3.63) is 28.3 Å². The minimum absolute atomic E-state index is 0.132. The van der Waals surface area contributed by atoms with Crippen molar-refractivity contribution in [2.75, 3.05) is 20.2 Å². The predicted molar refractivity (Wildman–Crippen MR) is 107 cm³/mol. The molecule has 1 heterocycles.